The fourth-order valence-electron chi connectivity index (χ4n) is 3.61. The number of nitrogens with one attached hydrogen (secondary N) is 2. The minimum Gasteiger partial charge on any atom is -0.490 e. The maximum absolute atomic E-state index is 5.94. The number of aliphatic imine (C=N–C) groups is 1. The van der Waals surface area contributed by atoms with Gasteiger partial charge in [-0.15, -0.1) is 24.0 Å². The van der Waals surface area contributed by atoms with Crippen LogP contribution in [-0.4, -0.2) is 57.8 Å². The minimum absolute atomic E-state index is 0. The molecule has 1 aromatic rings. The van der Waals surface area contributed by atoms with E-state index in [4.69, 9.17) is 9.47 Å². The molecule has 6 nitrogen and oxygen atoms in total. The molecule has 1 fully saturated rings. The summed E-state index contributed by atoms with van der Waals surface area (Å²) in [5.74, 6) is 3.15. The Bertz CT molecular complexity index is 642. The first-order valence-electron chi connectivity index (χ1n) is 11.1. The molecular formula is C23H41IN4O2. The Morgan fingerprint density at radius 1 is 1.20 bits per heavy atom. The molecule has 1 aliphatic rings. The molecule has 1 heterocycles. The number of hydrogen-bond donors (Lipinski definition) is 2. The molecule has 1 aromatic carbocycles. The molecule has 172 valence electrons. The molecule has 0 radical (unpaired) electrons. The Morgan fingerprint density at radius 2 is 1.90 bits per heavy atom. The van der Waals surface area contributed by atoms with Gasteiger partial charge in [-0.05, 0) is 69.8 Å². The molecule has 1 aliphatic heterocycles. The predicted octanol–water partition coefficient (Wildman–Crippen LogP) is 4.45. The highest BCUT2D eigenvalue weighted by Crippen LogP contribution is 2.31. The molecular weight excluding hydrogens is 491 g/mol. The van der Waals surface area contributed by atoms with Crippen LogP contribution in [0.3, 0.4) is 0 Å². The highest BCUT2D eigenvalue weighted by molar-refractivity contribution is 14.0. The van der Waals surface area contributed by atoms with Crippen LogP contribution in [0.2, 0.25) is 0 Å². The Balaban J connectivity index is 0.00000450. The molecule has 7 heteroatoms. The van der Waals surface area contributed by atoms with Crippen LogP contribution < -0.4 is 20.1 Å². The van der Waals surface area contributed by atoms with Crippen molar-refractivity contribution in [1.82, 2.24) is 15.5 Å². The van der Waals surface area contributed by atoms with Crippen LogP contribution in [0.25, 0.3) is 0 Å². The fourth-order valence-corrected chi connectivity index (χ4v) is 3.61. The molecule has 1 saturated heterocycles. The first-order chi connectivity index (χ1) is 14.1. The average Bonchev–Trinajstić information content (AvgIpc) is 2.73. The summed E-state index contributed by atoms with van der Waals surface area (Å²) >= 11 is 0. The van der Waals surface area contributed by atoms with Crippen molar-refractivity contribution in [2.75, 3.05) is 46.9 Å². The number of nitrogens with zero attached hydrogens (tertiary/aromatic N) is 2. The van der Waals surface area contributed by atoms with Gasteiger partial charge < -0.3 is 25.0 Å². The third-order valence-corrected chi connectivity index (χ3v) is 5.25. The van der Waals surface area contributed by atoms with E-state index in [0.717, 1.165) is 49.0 Å². The van der Waals surface area contributed by atoms with Gasteiger partial charge in [-0.1, -0.05) is 19.9 Å². The standard InChI is InChI=1S/C23H40N4O2.HI/c1-6-13-28-21-11-10-20(15-22(21)29-14-7-2)18(3)26-23(24-4)25-16-19-9-8-12-27(5)17-19;/h10-11,15,18-19H,6-9,12-14,16-17H2,1-5H3,(H2,24,25,26);1H. The van der Waals surface area contributed by atoms with Gasteiger partial charge in [-0.3, -0.25) is 4.99 Å². The largest absolute Gasteiger partial charge is 0.490 e. The first kappa shape index (κ1) is 26.8. The van der Waals surface area contributed by atoms with Crippen LogP contribution in [-0.2, 0) is 0 Å². The fraction of sp³-hybridized carbons (Fsp3) is 0.696. The highest BCUT2D eigenvalue weighted by atomic mass is 127. The molecule has 2 N–H and O–H groups in total. The lowest BCUT2D eigenvalue weighted by atomic mass is 9.98. The minimum atomic E-state index is 0. The van der Waals surface area contributed by atoms with Gasteiger partial charge in [-0.25, -0.2) is 0 Å². The normalized spacial score (nSPS) is 18.3. The summed E-state index contributed by atoms with van der Waals surface area (Å²) in [6.45, 7) is 11.1. The van der Waals surface area contributed by atoms with Gasteiger partial charge >= 0.3 is 0 Å². The lowest BCUT2D eigenvalue weighted by Crippen LogP contribution is -2.44. The Kier molecular flexibility index (Phi) is 13.2. The third kappa shape index (κ3) is 8.88. The van der Waals surface area contributed by atoms with Crippen LogP contribution in [0.5, 0.6) is 11.5 Å². The van der Waals surface area contributed by atoms with Crippen LogP contribution in [0.4, 0.5) is 0 Å². The van der Waals surface area contributed by atoms with E-state index in [2.05, 4.69) is 60.5 Å². The van der Waals surface area contributed by atoms with Crippen molar-refractivity contribution in [1.29, 1.82) is 0 Å². The molecule has 0 aliphatic carbocycles. The summed E-state index contributed by atoms with van der Waals surface area (Å²) in [6, 6.07) is 6.31. The van der Waals surface area contributed by atoms with Crippen molar-refractivity contribution >= 4 is 29.9 Å². The van der Waals surface area contributed by atoms with Gasteiger partial charge in [-0.2, -0.15) is 0 Å². The predicted molar refractivity (Wildman–Crippen MR) is 137 cm³/mol. The molecule has 0 spiro atoms. The summed E-state index contributed by atoms with van der Waals surface area (Å²) in [5, 5.41) is 7.01. The first-order valence-corrected chi connectivity index (χ1v) is 11.1. The smallest absolute Gasteiger partial charge is 0.191 e. The van der Waals surface area contributed by atoms with E-state index in [1.54, 1.807) is 0 Å². The summed E-state index contributed by atoms with van der Waals surface area (Å²) < 4.78 is 11.8. The summed E-state index contributed by atoms with van der Waals surface area (Å²) in [7, 11) is 4.03. The number of hydrogen-bond acceptors (Lipinski definition) is 4. The molecule has 2 unspecified atom stereocenters. The summed E-state index contributed by atoms with van der Waals surface area (Å²) in [5.41, 5.74) is 1.15. The number of benzene rings is 1. The van der Waals surface area contributed by atoms with Crippen LogP contribution >= 0.6 is 24.0 Å². The zero-order valence-corrected chi connectivity index (χ0v) is 21.7. The maximum Gasteiger partial charge on any atom is 0.191 e. The maximum atomic E-state index is 5.94. The van der Waals surface area contributed by atoms with Gasteiger partial charge in [0.25, 0.3) is 0 Å². The van der Waals surface area contributed by atoms with Crippen molar-refractivity contribution in [2.24, 2.45) is 10.9 Å². The second-order valence-corrected chi connectivity index (χ2v) is 7.99. The second-order valence-electron chi connectivity index (χ2n) is 7.99. The van der Waals surface area contributed by atoms with Gasteiger partial charge in [0.2, 0.25) is 0 Å². The van der Waals surface area contributed by atoms with Crippen LogP contribution in [0.1, 0.15) is 58.1 Å². The van der Waals surface area contributed by atoms with E-state index in [1.807, 2.05) is 13.1 Å². The van der Waals surface area contributed by atoms with E-state index in [1.165, 1.54) is 19.4 Å². The van der Waals surface area contributed by atoms with E-state index >= 15 is 0 Å². The van der Waals surface area contributed by atoms with Crippen LogP contribution in [0.15, 0.2) is 23.2 Å². The van der Waals surface area contributed by atoms with Gasteiger partial charge in [0.1, 0.15) is 0 Å². The van der Waals surface area contributed by atoms with E-state index in [-0.39, 0.29) is 30.0 Å². The quantitative estimate of drug-likeness (QED) is 0.265. The number of likely N-dealkylation sites (tertiary alicyclic amines) is 1. The molecule has 30 heavy (non-hydrogen) atoms. The van der Waals surface area contributed by atoms with E-state index in [9.17, 15) is 0 Å². The zero-order chi connectivity index (χ0) is 21.1. The van der Waals surface area contributed by atoms with Gasteiger partial charge in [0.15, 0.2) is 17.5 Å². The molecule has 0 bridgehead atoms. The number of guanidine groups is 1. The van der Waals surface area contributed by atoms with Crippen molar-refractivity contribution < 1.29 is 9.47 Å². The zero-order valence-electron chi connectivity index (χ0n) is 19.4. The number of piperidine rings is 1. The van der Waals surface area contributed by atoms with Crippen molar-refractivity contribution in [3.05, 3.63) is 23.8 Å². The number of halogens is 1. The monoisotopic (exact) mass is 532 g/mol. The van der Waals surface area contributed by atoms with E-state index < -0.39 is 0 Å². The number of rotatable bonds is 10. The molecule has 2 atom stereocenters. The van der Waals surface area contributed by atoms with Gasteiger partial charge in [0, 0.05) is 20.1 Å². The lowest BCUT2D eigenvalue weighted by molar-refractivity contribution is 0.210. The SMILES string of the molecule is CCCOc1ccc(C(C)NC(=NC)NCC2CCCN(C)C2)cc1OCCC.I. The summed E-state index contributed by atoms with van der Waals surface area (Å²) in [4.78, 5) is 6.82. The van der Waals surface area contributed by atoms with E-state index in [0.29, 0.717) is 19.1 Å². The topological polar surface area (TPSA) is 58.1 Å². The number of ether oxygens (including phenoxy) is 2. The third-order valence-electron chi connectivity index (χ3n) is 5.25. The van der Waals surface area contributed by atoms with Crippen molar-refractivity contribution in [3.63, 3.8) is 0 Å². The highest BCUT2D eigenvalue weighted by Gasteiger charge is 2.18. The van der Waals surface area contributed by atoms with Crippen molar-refractivity contribution in [2.45, 2.75) is 52.5 Å². The van der Waals surface area contributed by atoms with Crippen molar-refractivity contribution in [3.8, 4) is 11.5 Å². The molecule has 2 rings (SSSR count). The summed E-state index contributed by atoms with van der Waals surface area (Å²) in [6.07, 6.45) is 4.50. The Morgan fingerprint density at radius 3 is 2.53 bits per heavy atom. The Labute approximate surface area is 200 Å². The van der Waals surface area contributed by atoms with Gasteiger partial charge in [0.05, 0.1) is 19.3 Å². The molecule has 0 saturated carbocycles. The Hall–Kier alpha value is -1.22. The second kappa shape index (κ2) is 14.7. The average molecular weight is 533 g/mol. The lowest BCUT2D eigenvalue weighted by Gasteiger charge is -2.30. The van der Waals surface area contributed by atoms with Crippen LogP contribution in [0, 0.1) is 5.92 Å². The molecule has 0 aromatic heterocycles. The molecule has 0 amide bonds.